The molecule has 3 heteroatoms. The van der Waals surface area contributed by atoms with Crippen molar-refractivity contribution < 1.29 is 4.79 Å². The lowest BCUT2D eigenvalue weighted by molar-refractivity contribution is -0.118. The predicted molar refractivity (Wildman–Crippen MR) is 39.5 cm³/mol. The quantitative estimate of drug-likeness (QED) is 0.570. The van der Waals surface area contributed by atoms with E-state index < -0.39 is 0 Å². The van der Waals surface area contributed by atoms with Crippen molar-refractivity contribution in [3.05, 3.63) is 0 Å². The molecule has 1 aliphatic heterocycles. The maximum atomic E-state index is 10.4. The Morgan fingerprint density at radius 1 is 1.60 bits per heavy atom. The number of piperidine rings is 1. The summed E-state index contributed by atoms with van der Waals surface area (Å²) in [7, 11) is 0. The van der Waals surface area contributed by atoms with Crippen molar-refractivity contribution in [1.82, 2.24) is 5.32 Å². The summed E-state index contributed by atoms with van der Waals surface area (Å²) in [4.78, 5) is 10.4. The van der Waals surface area contributed by atoms with Gasteiger partial charge < -0.3 is 11.1 Å². The van der Waals surface area contributed by atoms with Gasteiger partial charge in [0.05, 0.1) is 0 Å². The van der Waals surface area contributed by atoms with E-state index in [-0.39, 0.29) is 5.91 Å². The summed E-state index contributed by atoms with van der Waals surface area (Å²) in [5.41, 5.74) is 5.04. The normalized spacial score (nSPS) is 26.2. The Bertz CT molecular complexity index is 119. The van der Waals surface area contributed by atoms with Crippen molar-refractivity contribution in [1.29, 1.82) is 0 Å². The number of amides is 1. The molecule has 10 heavy (non-hydrogen) atoms. The molecule has 3 nitrogen and oxygen atoms in total. The molecule has 0 aromatic carbocycles. The Labute approximate surface area is 61.0 Å². The van der Waals surface area contributed by atoms with Gasteiger partial charge in [-0.3, -0.25) is 4.79 Å². The number of rotatable bonds is 2. The van der Waals surface area contributed by atoms with E-state index in [4.69, 9.17) is 5.73 Å². The summed E-state index contributed by atoms with van der Waals surface area (Å²) in [5, 5.41) is 3.25. The Kier molecular flexibility index (Phi) is 2.68. The van der Waals surface area contributed by atoms with E-state index in [1.54, 1.807) is 0 Å². The Balaban J connectivity index is 2.19. The lowest BCUT2D eigenvalue weighted by Gasteiger charge is -2.21. The summed E-state index contributed by atoms with van der Waals surface area (Å²) in [5.74, 6) is -0.195. The van der Waals surface area contributed by atoms with Crippen LogP contribution in [0.1, 0.15) is 25.7 Å². The number of carbonyl (C=O) groups is 1. The smallest absolute Gasteiger partial charge is 0.218 e. The topological polar surface area (TPSA) is 55.1 Å². The van der Waals surface area contributed by atoms with Gasteiger partial charge >= 0.3 is 0 Å². The molecule has 0 spiro atoms. The van der Waals surface area contributed by atoms with E-state index in [2.05, 4.69) is 5.32 Å². The molecule has 1 aliphatic rings. The van der Waals surface area contributed by atoms with E-state index in [0.29, 0.717) is 12.5 Å². The minimum absolute atomic E-state index is 0.195. The molecule has 1 fully saturated rings. The molecule has 1 amide bonds. The number of hydrogen-bond donors (Lipinski definition) is 2. The second-order valence-electron chi connectivity index (χ2n) is 2.82. The average molecular weight is 142 g/mol. The van der Waals surface area contributed by atoms with E-state index in [0.717, 1.165) is 13.0 Å². The van der Waals surface area contributed by atoms with Gasteiger partial charge in [-0.15, -0.1) is 0 Å². The van der Waals surface area contributed by atoms with Crippen LogP contribution in [0, 0.1) is 0 Å². The number of nitrogens with one attached hydrogen (secondary N) is 1. The molecule has 0 saturated carbocycles. The Morgan fingerprint density at radius 3 is 2.90 bits per heavy atom. The summed E-state index contributed by atoms with van der Waals surface area (Å²) in [6.07, 6.45) is 4.06. The van der Waals surface area contributed by atoms with Crippen LogP contribution < -0.4 is 11.1 Å². The van der Waals surface area contributed by atoms with Gasteiger partial charge in [0.2, 0.25) is 5.91 Å². The summed E-state index contributed by atoms with van der Waals surface area (Å²) < 4.78 is 0. The van der Waals surface area contributed by atoms with Crippen molar-refractivity contribution in [3.8, 4) is 0 Å². The fourth-order valence-corrected chi connectivity index (χ4v) is 1.34. The second-order valence-corrected chi connectivity index (χ2v) is 2.82. The molecular formula is C7H14N2O. The zero-order chi connectivity index (χ0) is 7.40. The zero-order valence-corrected chi connectivity index (χ0v) is 6.10. The molecule has 0 aliphatic carbocycles. The van der Waals surface area contributed by atoms with Crippen LogP contribution in [0.25, 0.3) is 0 Å². The maximum absolute atomic E-state index is 10.4. The monoisotopic (exact) mass is 142 g/mol. The number of hydrogen-bond acceptors (Lipinski definition) is 2. The summed E-state index contributed by atoms with van der Waals surface area (Å²) in [6, 6.07) is 0.353. The molecule has 58 valence electrons. The van der Waals surface area contributed by atoms with Crippen molar-refractivity contribution in [2.75, 3.05) is 6.54 Å². The first kappa shape index (κ1) is 7.54. The van der Waals surface area contributed by atoms with Gasteiger partial charge in [0, 0.05) is 12.5 Å². The fraction of sp³-hybridized carbons (Fsp3) is 0.857. The first-order chi connectivity index (χ1) is 4.79. The molecular weight excluding hydrogens is 128 g/mol. The van der Waals surface area contributed by atoms with E-state index >= 15 is 0 Å². The minimum atomic E-state index is -0.195. The Hall–Kier alpha value is -0.570. The first-order valence-electron chi connectivity index (χ1n) is 3.81. The molecule has 1 heterocycles. The number of carbonyl (C=O) groups excluding carboxylic acids is 1. The third-order valence-electron chi connectivity index (χ3n) is 1.86. The number of primary amides is 1. The lowest BCUT2D eigenvalue weighted by atomic mass is 10.0. The van der Waals surface area contributed by atoms with Gasteiger partial charge in [0.15, 0.2) is 0 Å². The fourth-order valence-electron chi connectivity index (χ4n) is 1.34. The molecule has 0 radical (unpaired) electrons. The van der Waals surface area contributed by atoms with Crippen LogP contribution in [-0.2, 0) is 4.79 Å². The Morgan fingerprint density at radius 2 is 2.40 bits per heavy atom. The molecule has 1 atom stereocenters. The van der Waals surface area contributed by atoms with Gasteiger partial charge in [0.1, 0.15) is 0 Å². The highest BCUT2D eigenvalue weighted by Crippen LogP contribution is 2.08. The van der Waals surface area contributed by atoms with Gasteiger partial charge in [-0.25, -0.2) is 0 Å². The van der Waals surface area contributed by atoms with Crippen LogP contribution in [0.4, 0.5) is 0 Å². The van der Waals surface area contributed by atoms with Crippen molar-refractivity contribution in [2.45, 2.75) is 31.7 Å². The SMILES string of the molecule is NC(=O)C[C@H]1CCCCN1. The summed E-state index contributed by atoms with van der Waals surface area (Å²) in [6.45, 7) is 1.04. The third kappa shape index (κ3) is 2.35. The minimum Gasteiger partial charge on any atom is -0.370 e. The van der Waals surface area contributed by atoms with Gasteiger partial charge in [-0.05, 0) is 19.4 Å². The molecule has 0 aromatic heterocycles. The van der Waals surface area contributed by atoms with Crippen LogP contribution in [-0.4, -0.2) is 18.5 Å². The van der Waals surface area contributed by atoms with Crippen LogP contribution in [0.2, 0.25) is 0 Å². The lowest BCUT2D eigenvalue weighted by Crippen LogP contribution is -2.37. The van der Waals surface area contributed by atoms with Crippen LogP contribution >= 0.6 is 0 Å². The van der Waals surface area contributed by atoms with Crippen LogP contribution in [0.15, 0.2) is 0 Å². The number of nitrogens with two attached hydrogens (primary N) is 1. The first-order valence-corrected chi connectivity index (χ1v) is 3.81. The third-order valence-corrected chi connectivity index (χ3v) is 1.86. The zero-order valence-electron chi connectivity index (χ0n) is 6.10. The van der Waals surface area contributed by atoms with Gasteiger partial charge in [0.25, 0.3) is 0 Å². The second kappa shape index (κ2) is 3.56. The van der Waals surface area contributed by atoms with Crippen LogP contribution in [0.5, 0.6) is 0 Å². The molecule has 1 rings (SSSR count). The molecule has 0 aromatic rings. The predicted octanol–water partition coefficient (Wildman–Crippen LogP) is 0.00390. The van der Waals surface area contributed by atoms with E-state index in [1.807, 2.05) is 0 Å². The van der Waals surface area contributed by atoms with Crippen molar-refractivity contribution in [2.24, 2.45) is 5.73 Å². The summed E-state index contributed by atoms with van der Waals surface area (Å²) >= 11 is 0. The molecule has 0 unspecified atom stereocenters. The molecule has 0 bridgehead atoms. The highest BCUT2D eigenvalue weighted by molar-refractivity contribution is 5.74. The van der Waals surface area contributed by atoms with Gasteiger partial charge in [-0.2, -0.15) is 0 Å². The van der Waals surface area contributed by atoms with E-state index in [9.17, 15) is 4.79 Å². The molecule has 1 saturated heterocycles. The molecule has 3 N–H and O–H groups in total. The van der Waals surface area contributed by atoms with Crippen molar-refractivity contribution in [3.63, 3.8) is 0 Å². The standard InChI is InChI=1S/C7H14N2O/c8-7(10)5-6-3-1-2-4-9-6/h6,9H,1-5H2,(H2,8,10)/t6-/m1/s1. The highest BCUT2D eigenvalue weighted by atomic mass is 16.1. The van der Waals surface area contributed by atoms with Crippen LogP contribution in [0.3, 0.4) is 0 Å². The highest BCUT2D eigenvalue weighted by Gasteiger charge is 2.13. The van der Waals surface area contributed by atoms with Crippen molar-refractivity contribution >= 4 is 5.91 Å². The van der Waals surface area contributed by atoms with Gasteiger partial charge in [-0.1, -0.05) is 6.42 Å². The maximum Gasteiger partial charge on any atom is 0.218 e. The largest absolute Gasteiger partial charge is 0.370 e. The van der Waals surface area contributed by atoms with E-state index in [1.165, 1.54) is 12.8 Å². The average Bonchev–Trinajstić information content (AvgIpc) is 1.88.